The smallest absolute Gasteiger partial charge is 0.239 e. The van der Waals surface area contributed by atoms with Crippen LogP contribution in [0.4, 0.5) is 20.3 Å². The summed E-state index contributed by atoms with van der Waals surface area (Å²) in [6, 6.07) is 7.10. The molecule has 0 saturated carbocycles. The molecule has 3 N–H and O–H groups in total. The zero-order valence-electron chi connectivity index (χ0n) is 11.0. The summed E-state index contributed by atoms with van der Waals surface area (Å²) in [4.78, 5) is 4.19. The third kappa shape index (κ3) is 3.34. The Balaban J connectivity index is 2.06. The number of benzene rings is 1. The maximum absolute atomic E-state index is 13.1. The van der Waals surface area contributed by atoms with Gasteiger partial charge in [-0.2, -0.15) is 4.98 Å². The van der Waals surface area contributed by atoms with E-state index < -0.39 is 11.6 Å². The molecule has 0 amide bonds. The molecule has 106 valence electrons. The van der Waals surface area contributed by atoms with E-state index in [9.17, 15) is 8.78 Å². The second-order valence-electron chi connectivity index (χ2n) is 4.13. The van der Waals surface area contributed by atoms with Crippen LogP contribution >= 0.6 is 0 Å². The maximum Gasteiger partial charge on any atom is 0.239 e. The van der Waals surface area contributed by atoms with Crippen LogP contribution in [0.25, 0.3) is 0 Å². The van der Waals surface area contributed by atoms with Gasteiger partial charge in [0.1, 0.15) is 5.82 Å². The Labute approximate surface area is 115 Å². The number of anilines is 2. The molecule has 0 aliphatic heterocycles. The van der Waals surface area contributed by atoms with Gasteiger partial charge in [-0.05, 0) is 36.8 Å². The number of nitrogen functional groups attached to an aromatic ring is 1. The minimum atomic E-state index is -0.871. The standard InChI is InChI=1S/C14H15F2N3O/c1-2-20-14-12(17)5-6-13(19-14)18-8-9-3-4-10(15)11(16)7-9/h3-7H,2,8,17H2,1H3,(H,18,19). The summed E-state index contributed by atoms with van der Waals surface area (Å²) in [6.07, 6.45) is 0. The Bertz CT molecular complexity index is 605. The van der Waals surface area contributed by atoms with Crippen LogP contribution in [0.2, 0.25) is 0 Å². The molecule has 0 saturated heterocycles. The van der Waals surface area contributed by atoms with E-state index in [2.05, 4.69) is 10.3 Å². The third-order valence-electron chi connectivity index (χ3n) is 2.63. The van der Waals surface area contributed by atoms with Crippen LogP contribution in [0, 0.1) is 11.6 Å². The van der Waals surface area contributed by atoms with Crippen LogP contribution in [0.3, 0.4) is 0 Å². The molecule has 1 heterocycles. The van der Waals surface area contributed by atoms with Crippen molar-refractivity contribution in [3.05, 3.63) is 47.5 Å². The van der Waals surface area contributed by atoms with Crippen LogP contribution in [0.5, 0.6) is 5.88 Å². The van der Waals surface area contributed by atoms with E-state index >= 15 is 0 Å². The second-order valence-corrected chi connectivity index (χ2v) is 4.13. The van der Waals surface area contributed by atoms with Gasteiger partial charge in [0.15, 0.2) is 11.6 Å². The van der Waals surface area contributed by atoms with Crippen molar-refractivity contribution >= 4 is 11.5 Å². The van der Waals surface area contributed by atoms with Crippen LogP contribution in [-0.2, 0) is 6.54 Å². The number of ether oxygens (including phenoxy) is 1. The average Bonchev–Trinajstić information content (AvgIpc) is 2.43. The largest absolute Gasteiger partial charge is 0.476 e. The van der Waals surface area contributed by atoms with Crippen molar-refractivity contribution in [1.29, 1.82) is 0 Å². The van der Waals surface area contributed by atoms with Crippen molar-refractivity contribution < 1.29 is 13.5 Å². The van der Waals surface area contributed by atoms with E-state index in [0.29, 0.717) is 36.1 Å². The van der Waals surface area contributed by atoms with Gasteiger partial charge < -0.3 is 15.8 Å². The van der Waals surface area contributed by atoms with Crippen molar-refractivity contribution in [2.75, 3.05) is 17.7 Å². The van der Waals surface area contributed by atoms with Gasteiger partial charge in [0.05, 0.1) is 12.3 Å². The number of nitrogens with zero attached hydrogens (tertiary/aromatic N) is 1. The molecule has 0 atom stereocenters. The fourth-order valence-corrected chi connectivity index (χ4v) is 1.64. The number of pyridine rings is 1. The molecule has 6 heteroatoms. The molecule has 1 aromatic heterocycles. The number of halogens is 2. The quantitative estimate of drug-likeness (QED) is 0.883. The van der Waals surface area contributed by atoms with Gasteiger partial charge in [0, 0.05) is 6.54 Å². The molecule has 20 heavy (non-hydrogen) atoms. The lowest BCUT2D eigenvalue weighted by molar-refractivity contribution is 0.329. The summed E-state index contributed by atoms with van der Waals surface area (Å²) in [7, 11) is 0. The van der Waals surface area contributed by atoms with E-state index in [-0.39, 0.29) is 0 Å². The van der Waals surface area contributed by atoms with Crippen molar-refractivity contribution in [3.8, 4) is 5.88 Å². The summed E-state index contributed by atoms with van der Waals surface area (Å²) >= 11 is 0. The molecule has 0 bridgehead atoms. The minimum absolute atomic E-state index is 0.319. The molecule has 2 rings (SSSR count). The Morgan fingerprint density at radius 3 is 2.70 bits per heavy atom. The Hall–Kier alpha value is -2.37. The monoisotopic (exact) mass is 279 g/mol. The highest BCUT2D eigenvalue weighted by Crippen LogP contribution is 2.21. The molecule has 0 fully saturated rings. The van der Waals surface area contributed by atoms with E-state index in [4.69, 9.17) is 10.5 Å². The van der Waals surface area contributed by atoms with E-state index in [0.717, 1.165) is 12.1 Å². The summed E-state index contributed by atoms with van der Waals surface area (Å²) in [5, 5.41) is 3.00. The predicted octanol–water partition coefficient (Wildman–Crippen LogP) is 2.95. The fourth-order valence-electron chi connectivity index (χ4n) is 1.64. The molecule has 0 aliphatic rings. The van der Waals surface area contributed by atoms with Crippen molar-refractivity contribution in [2.24, 2.45) is 0 Å². The van der Waals surface area contributed by atoms with E-state index in [1.807, 2.05) is 6.92 Å². The number of nitrogens with one attached hydrogen (secondary N) is 1. The molecule has 0 spiro atoms. The normalized spacial score (nSPS) is 10.3. The fraction of sp³-hybridized carbons (Fsp3) is 0.214. The first-order chi connectivity index (χ1) is 9.60. The van der Waals surface area contributed by atoms with Gasteiger partial charge in [0.2, 0.25) is 5.88 Å². The highest BCUT2D eigenvalue weighted by molar-refractivity contribution is 5.53. The minimum Gasteiger partial charge on any atom is -0.476 e. The highest BCUT2D eigenvalue weighted by atomic mass is 19.2. The van der Waals surface area contributed by atoms with Gasteiger partial charge in [-0.15, -0.1) is 0 Å². The SMILES string of the molecule is CCOc1nc(NCc2ccc(F)c(F)c2)ccc1N. The second kappa shape index (κ2) is 6.18. The zero-order chi connectivity index (χ0) is 14.5. The van der Waals surface area contributed by atoms with Crippen molar-refractivity contribution in [3.63, 3.8) is 0 Å². The topological polar surface area (TPSA) is 60.2 Å². The molecular formula is C14H15F2N3O. The number of aromatic nitrogens is 1. The Morgan fingerprint density at radius 1 is 1.20 bits per heavy atom. The summed E-state index contributed by atoms with van der Waals surface area (Å²) in [5.74, 6) is -0.835. The Kier molecular flexibility index (Phi) is 4.34. The lowest BCUT2D eigenvalue weighted by Crippen LogP contribution is -2.05. The van der Waals surface area contributed by atoms with Gasteiger partial charge in [-0.1, -0.05) is 6.07 Å². The molecular weight excluding hydrogens is 264 g/mol. The number of rotatable bonds is 5. The molecule has 0 radical (unpaired) electrons. The van der Waals surface area contributed by atoms with Gasteiger partial charge in [-0.25, -0.2) is 8.78 Å². The summed E-state index contributed by atoms with van der Waals surface area (Å²) in [6.45, 7) is 2.62. The molecule has 2 aromatic rings. The van der Waals surface area contributed by atoms with Gasteiger partial charge >= 0.3 is 0 Å². The molecule has 0 aliphatic carbocycles. The Morgan fingerprint density at radius 2 is 2.00 bits per heavy atom. The first-order valence-electron chi connectivity index (χ1n) is 6.17. The zero-order valence-corrected chi connectivity index (χ0v) is 11.0. The van der Waals surface area contributed by atoms with Crippen molar-refractivity contribution in [2.45, 2.75) is 13.5 Å². The summed E-state index contributed by atoms with van der Waals surface area (Å²) in [5.41, 5.74) is 6.77. The van der Waals surface area contributed by atoms with Crippen LogP contribution in [0.15, 0.2) is 30.3 Å². The average molecular weight is 279 g/mol. The molecule has 1 aromatic carbocycles. The van der Waals surface area contributed by atoms with E-state index in [1.165, 1.54) is 6.07 Å². The van der Waals surface area contributed by atoms with Crippen LogP contribution in [0.1, 0.15) is 12.5 Å². The van der Waals surface area contributed by atoms with Gasteiger partial charge in [-0.3, -0.25) is 0 Å². The van der Waals surface area contributed by atoms with Crippen LogP contribution < -0.4 is 15.8 Å². The van der Waals surface area contributed by atoms with E-state index in [1.54, 1.807) is 12.1 Å². The number of hydrogen-bond donors (Lipinski definition) is 2. The highest BCUT2D eigenvalue weighted by Gasteiger charge is 2.05. The lowest BCUT2D eigenvalue weighted by atomic mass is 10.2. The van der Waals surface area contributed by atoms with Crippen LogP contribution in [-0.4, -0.2) is 11.6 Å². The first kappa shape index (κ1) is 14.0. The number of hydrogen-bond acceptors (Lipinski definition) is 4. The summed E-state index contributed by atoms with van der Waals surface area (Å²) < 4.78 is 31.2. The van der Waals surface area contributed by atoms with Crippen molar-refractivity contribution in [1.82, 2.24) is 4.98 Å². The molecule has 0 unspecified atom stereocenters. The maximum atomic E-state index is 13.1. The molecule has 4 nitrogen and oxygen atoms in total. The van der Waals surface area contributed by atoms with Gasteiger partial charge in [0.25, 0.3) is 0 Å². The third-order valence-corrected chi connectivity index (χ3v) is 2.63. The lowest BCUT2D eigenvalue weighted by Gasteiger charge is -2.10. The first-order valence-corrected chi connectivity index (χ1v) is 6.17. The predicted molar refractivity (Wildman–Crippen MR) is 73.5 cm³/mol. The number of nitrogens with two attached hydrogens (primary N) is 1.